The van der Waals surface area contributed by atoms with Crippen LogP contribution in [-0.2, 0) is 0 Å². The Hall–Kier alpha value is -3.08. The Morgan fingerprint density at radius 3 is 2.70 bits per heavy atom. The van der Waals surface area contributed by atoms with Gasteiger partial charge in [0.1, 0.15) is 11.3 Å². The van der Waals surface area contributed by atoms with Crippen LogP contribution in [0, 0.1) is 0 Å². The Morgan fingerprint density at radius 2 is 1.93 bits per heavy atom. The number of amides is 1. The molecule has 0 fully saturated rings. The number of carbonyl (C=O) groups excluding carboxylic acids is 1. The second kappa shape index (κ2) is 6.91. The minimum atomic E-state index is -0.463. The molecule has 138 valence electrons. The second-order valence-corrected chi connectivity index (χ2v) is 6.70. The fraction of sp³-hybridized carbons (Fsp3) is 0.273. The van der Waals surface area contributed by atoms with Gasteiger partial charge in [-0.2, -0.15) is 0 Å². The number of nitrogens with zero attached hydrogens (tertiary/aromatic N) is 1. The average Bonchev–Trinajstić information content (AvgIpc) is 2.99. The molecule has 2 aromatic carbocycles. The first-order valence-corrected chi connectivity index (χ1v) is 9.16. The lowest BCUT2D eigenvalue weighted by molar-refractivity contribution is 0.0725. The van der Waals surface area contributed by atoms with Crippen LogP contribution in [0.2, 0.25) is 0 Å². The first kappa shape index (κ1) is 17.3. The van der Waals surface area contributed by atoms with Crippen molar-refractivity contribution in [2.24, 2.45) is 0 Å². The molecule has 0 saturated carbocycles. The van der Waals surface area contributed by atoms with Gasteiger partial charge in [0.2, 0.25) is 5.76 Å². The van der Waals surface area contributed by atoms with E-state index in [0.717, 1.165) is 18.4 Å². The summed E-state index contributed by atoms with van der Waals surface area (Å²) < 4.78 is 11.2. The Balaban J connectivity index is 1.96. The number of unbranched alkanes of at least 4 members (excludes halogenated alkanes) is 1. The number of methoxy groups -OCH3 is 1. The number of benzene rings is 2. The van der Waals surface area contributed by atoms with Crippen LogP contribution in [-0.4, -0.2) is 24.5 Å². The lowest BCUT2D eigenvalue weighted by Gasteiger charge is -2.25. The number of rotatable bonds is 5. The molecule has 1 atom stereocenters. The van der Waals surface area contributed by atoms with Gasteiger partial charge in [-0.3, -0.25) is 9.59 Å². The van der Waals surface area contributed by atoms with Crippen molar-refractivity contribution in [2.75, 3.05) is 13.7 Å². The zero-order valence-electron chi connectivity index (χ0n) is 15.4. The summed E-state index contributed by atoms with van der Waals surface area (Å²) >= 11 is 0. The summed E-state index contributed by atoms with van der Waals surface area (Å²) in [5.74, 6) is 0.616. The van der Waals surface area contributed by atoms with Gasteiger partial charge in [0.05, 0.1) is 24.1 Å². The SMILES string of the molecule is CCCCN1C(=O)c2oc3ccccc3c(=O)c2[C@@H]1c1cccc(OC)c1. The van der Waals surface area contributed by atoms with Crippen LogP contribution in [0.3, 0.4) is 0 Å². The predicted molar refractivity (Wildman–Crippen MR) is 103 cm³/mol. The van der Waals surface area contributed by atoms with E-state index in [9.17, 15) is 9.59 Å². The highest BCUT2D eigenvalue weighted by atomic mass is 16.5. The molecule has 1 amide bonds. The van der Waals surface area contributed by atoms with Gasteiger partial charge in [0.15, 0.2) is 5.43 Å². The van der Waals surface area contributed by atoms with E-state index in [4.69, 9.17) is 9.15 Å². The fourth-order valence-electron chi connectivity index (χ4n) is 3.68. The van der Waals surface area contributed by atoms with E-state index >= 15 is 0 Å². The minimum absolute atomic E-state index is 0.146. The zero-order valence-corrected chi connectivity index (χ0v) is 15.4. The molecule has 0 spiro atoms. The van der Waals surface area contributed by atoms with Crippen molar-refractivity contribution in [1.82, 2.24) is 4.90 Å². The Kier molecular flexibility index (Phi) is 4.44. The first-order chi connectivity index (χ1) is 13.2. The largest absolute Gasteiger partial charge is 0.497 e. The highest BCUT2D eigenvalue weighted by Gasteiger charge is 2.42. The molecule has 0 unspecified atom stereocenters. The maximum Gasteiger partial charge on any atom is 0.290 e. The number of hydrogen-bond donors (Lipinski definition) is 0. The van der Waals surface area contributed by atoms with Crippen LogP contribution in [0.1, 0.15) is 47.5 Å². The molecular weight excluding hydrogens is 342 g/mol. The molecule has 4 rings (SSSR count). The maximum absolute atomic E-state index is 13.3. The Morgan fingerprint density at radius 1 is 1.11 bits per heavy atom. The molecule has 5 nitrogen and oxygen atoms in total. The smallest absolute Gasteiger partial charge is 0.290 e. The molecule has 0 N–H and O–H groups in total. The van der Waals surface area contributed by atoms with Crippen molar-refractivity contribution in [3.8, 4) is 5.75 Å². The Bertz CT molecular complexity index is 1070. The molecule has 1 aliphatic heterocycles. The molecule has 5 heteroatoms. The van der Waals surface area contributed by atoms with Gasteiger partial charge in [-0.15, -0.1) is 0 Å². The molecular formula is C22H21NO4. The fourth-order valence-corrected chi connectivity index (χ4v) is 3.68. The number of hydrogen-bond acceptors (Lipinski definition) is 4. The lowest BCUT2D eigenvalue weighted by Crippen LogP contribution is -2.30. The standard InChI is InChI=1S/C22H21NO4/c1-3-4-12-23-19(14-8-7-9-15(13-14)26-2)18-20(24)16-10-5-6-11-17(16)27-21(18)22(23)25/h5-11,13,19H,3-4,12H2,1-2H3/t19-/m0/s1. The molecule has 2 heterocycles. The van der Waals surface area contributed by atoms with E-state index < -0.39 is 6.04 Å². The van der Waals surface area contributed by atoms with Crippen molar-refractivity contribution in [3.63, 3.8) is 0 Å². The number of ether oxygens (including phenoxy) is 1. The molecule has 1 aromatic heterocycles. The van der Waals surface area contributed by atoms with E-state index in [0.29, 0.717) is 28.8 Å². The lowest BCUT2D eigenvalue weighted by atomic mass is 9.98. The quantitative estimate of drug-likeness (QED) is 0.683. The summed E-state index contributed by atoms with van der Waals surface area (Å²) in [4.78, 5) is 28.1. The van der Waals surface area contributed by atoms with Gasteiger partial charge in [-0.05, 0) is 36.2 Å². The summed E-state index contributed by atoms with van der Waals surface area (Å²) in [5.41, 5.74) is 1.56. The van der Waals surface area contributed by atoms with Gasteiger partial charge in [0.25, 0.3) is 5.91 Å². The second-order valence-electron chi connectivity index (χ2n) is 6.70. The summed E-state index contributed by atoms with van der Waals surface area (Å²) in [6, 6.07) is 14.1. The van der Waals surface area contributed by atoms with Crippen LogP contribution in [0.4, 0.5) is 0 Å². The molecule has 1 aliphatic rings. The van der Waals surface area contributed by atoms with E-state index in [1.807, 2.05) is 24.3 Å². The highest BCUT2D eigenvalue weighted by molar-refractivity contribution is 5.99. The van der Waals surface area contributed by atoms with Gasteiger partial charge in [-0.1, -0.05) is 37.6 Å². The van der Waals surface area contributed by atoms with E-state index in [-0.39, 0.29) is 17.1 Å². The highest BCUT2D eigenvalue weighted by Crippen LogP contribution is 2.39. The van der Waals surface area contributed by atoms with Gasteiger partial charge < -0.3 is 14.1 Å². The molecule has 3 aromatic rings. The summed E-state index contributed by atoms with van der Waals surface area (Å²) in [6.07, 6.45) is 1.81. The molecule has 27 heavy (non-hydrogen) atoms. The van der Waals surface area contributed by atoms with Gasteiger partial charge in [0, 0.05) is 6.54 Å². The third kappa shape index (κ3) is 2.79. The van der Waals surface area contributed by atoms with Crippen LogP contribution >= 0.6 is 0 Å². The molecule has 0 aliphatic carbocycles. The number of para-hydroxylation sites is 1. The average molecular weight is 363 g/mol. The third-order valence-electron chi connectivity index (χ3n) is 5.04. The van der Waals surface area contributed by atoms with Crippen molar-refractivity contribution in [3.05, 3.63) is 75.6 Å². The monoisotopic (exact) mass is 363 g/mol. The predicted octanol–water partition coefficient (Wildman–Crippen LogP) is 4.15. The van der Waals surface area contributed by atoms with Crippen molar-refractivity contribution < 1.29 is 13.9 Å². The van der Waals surface area contributed by atoms with Crippen molar-refractivity contribution in [2.45, 2.75) is 25.8 Å². The Labute approximate surface area is 157 Å². The van der Waals surface area contributed by atoms with Crippen molar-refractivity contribution in [1.29, 1.82) is 0 Å². The van der Waals surface area contributed by atoms with Gasteiger partial charge in [-0.25, -0.2) is 0 Å². The third-order valence-corrected chi connectivity index (χ3v) is 5.04. The van der Waals surface area contributed by atoms with Crippen molar-refractivity contribution >= 4 is 16.9 Å². The topological polar surface area (TPSA) is 59.8 Å². The summed E-state index contributed by atoms with van der Waals surface area (Å²) in [7, 11) is 1.60. The molecule has 0 saturated heterocycles. The van der Waals surface area contributed by atoms with Crippen LogP contribution in [0.25, 0.3) is 11.0 Å². The van der Waals surface area contributed by atoms with Gasteiger partial charge >= 0.3 is 0 Å². The van der Waals surface area contributed by atoms with Crippen LogP contribution < -0.4 is 10.2 Å². The first-order valence-electron chi connectivity index (χ1n) is 9.16. The normalized spacial score (nSPS) is 16.0. The molecule has 0 radical (unpaired) electrons. The van der Waals surface area contributed by atoms with E-state index in [2.05, 4.69) is 6.92 Å². The number of fused-ring (bicyclic) bond motifs is 2. The summed E-state index contributed by atoms with van der Waals surface area (Å²) in [5, 5.41) is 0.495. The maximum atomic E-state index is 13.3. The van der Waals surface area contributed by atoms with E-state index in [1.54, 1.807) is 36.3 Å². The van der Waals surface area contributed by atoms with E-state index in [1.165, 1.54) is 0 Å². The molecule has 0 bridgehead atoms. The number of carbonyl (C=O) groups is 1. The zero-order chi connectivity index (χ0) is 19.0. The van der Waals surface area contributed by atoms with Crippen LogP contribution in [0.5, 0.6) is 5.75 Å². The van der Waals surface area contributed by atoms with Crippen LogP contribution in [0.15, 0.2) is 57.7 Å². The minimum Gasteiger partial charge on any atom is -0.497 e. The summed E-state index contributed by atoms with van der Waals surface area (Å²) in [6.45, 7) is 2.64.